The number of carbonyl (C=O) groups is 2. The second kappa shape index (κ2) is 5.17. The summed E-state index contributed by atoms with van der Waals surface area (Å²) in [7, 11) is 0. The number of carboxylic acids is 2. The van der Waals surface area contributed by atoms with Gasteiger partial charge in [0.05, 0.1) is 18.6 Å². The van der Waals surface area contributed by atoms with E-state index >= 15 is 0 Å². The molecule has 0 aromatic heterocycles. The summed E-state index contributed by atoms with van der Waals surface area (Å²) in [6, 6.07) is 0. The highest BCUT2D eigenvalue weighted by Crippen LogP contribution is 2.01. The summed E-state index contributed by atoms with van der Waals surface area (Å²) in [4.78, 5) is 20.0. The van der Waals surface area contributed by atoms with Crippen LogP contribution in [-0.2, 0) is 9.59 Å². The van der Waals surface area contributed by atoms with Crippen molar-refractivity contribution < 1.29 is 24.9 Å². The van der Waals surface area contributed by atoms with Crippen molar-refractivity contribution >= 4 is 11.9 Å². The summed E-state index contributed by atoms with van der Waals surface area (Å²) in [5, 5.41) is 25.2. The number of rotatable bonds is 5. The van der Waals surface area contributed by atoms with Gasteiger partial charge in [-0.1, -0.05) is 0 Å². The third-order valence-electron chi connectivity index (χ3n) is 1.11. The molecule has 0 aliphatic carbocycles. The lowest BCUT2D eigenvalue weighted by atomic mass is 10.2. The molecule has 5 nitrogen and oxygen atoms in total. The first-order chi connectivity index (χ1) is 5.52. The van der Waals surface area contributed by atoms with Gasteiger partial charge in [-0.05, 0) is 6.08 Å². The van der Waals surface area contributed by atoms with Crippen LogP contribution in [0.25, 0.3) is 0 Å². The summed E-state index contributed by atoms with van der Waals surface area (Å²) >= 11 is 0. The molecule has 0 saturated heterocycles. The molecule has 0 radical (unpaired) electrons. The molecule has 0 aliphatic heterocycles. The normalized spacial score (nSPS) is 11.2. The Balaban J connectivity index is 3.70. The molecule has 0 fully saturated rings. The van der Waals surface area contributed by atoms with Crippen molar-refractivity contribution in [3.05, 3.63) is 11.8 Å². The standard InChI is InChI=1S/C7H10O5/c8-5(1-3-6(9)10)2-4-7(11)12/h1,8H,2-4H2,(H,9,10)(H,11,12)/b5-1-. The number of aliphatic hydroxyl groups excluding tert-OH is 1. The number of hydrogen-bond acceptors (Lipinski definition) is 3. The molecule has 0 aliphatic rings. The van der Waals surface area contributed by atoms with Gasteiger partial charge in [0.15, 0.2) is 0 Å². The number of aliphatic carboxylic acids is 2. The zero-order chi connectivity index (χ0) is 9.56. The average Bonchev–Trinajstić information content (AvgIpc) is 1.96. The predicted molar refractivity (Wildman–Crippen MR) is 39.8 cm³/mol. The van der Waals surface area contributed by atoms with Gasteiger partial charge < -0.3 is 15.3 Å². The lowest BCUT2D eigenvalue weighted by molar-refractivity contribution is -0.137. The van der Waals surface area contributed by atoms with Crippen molar-refractivity contribution in [2.75, 3.05) is 0 Å². The van der Waals surface area contributed by atoms with E-state index in [4.69, 9.17) is 15.3 Å². The van der Waals surface area contributed by atoms with Gasteiger partial charge in [0, 0.05) is 6.42 Å². The zero-order valence-electron chi connectivity index (χ0n) is 6.36. The molecule has 0 unspecified atom stereocenters. The fourth-order valence-corrected chi connectivity index (χ4v) is 0.542. The van der Waals surface area contributed by atoms with Crippen LogP contribution in [0, 0.1) is 0 Å². The first-order valence-electron chi connectivity index (χ1n) is 3.34. The Bertz CT molecular complexity index is 206. The van der Waals surface area contributed by atoms with Crippen molar-refractivity contribution in [3.8, 4) is 0 Å². The molecule has 0 bridgehead atoms. The molecular weight excluding hydrogens is 164 g/mol. The van der Waals surface area contributed by atoms with Crippen LogP contribution in [0.15, 0.2) is 11.8 Å². The van der Waals surface area contributed by atoms with Gasteiger partial charge in [-0.25, -0.2) is 0 Å². The SMILES string of the molecule is O=C(O)C/C=C(\O)CCC(=O)O. The van der Waals surface area contributed by atoms with Gasteiger partial charge >= 0.3 is 11.9 Å². The number of allylic oxidation sites excluding steroid dienone is 1. The van der Waals surface area contributed by atoms with E-state index in [2.05, 4.69) is 0 Å². The van der Waals surface area contributed by atoms with E-state index < -0.39 is 11.9 Å². The van der Waals surface area contributed by atoms with Crippen molar-refractivity contribution in [1.82, 2.24) is 0 Å². The highest BCUT2D eigenvalue weighted by atomic mass is 16.4. The average molecular weight is 174 g/mol. The van der Waals surface area contributed by atoms with E-state index in [0.717, 1.165) is 6.08 Å². The maximum atomic E-state index is 9.99. The van der Waals surface area contributed by atoms with Crippen LogP contribution in [0.1, 0.15) is 19.3 Å². The van der Waals surface area contributed by atoms with Crippen LogP contribution in [0.5, 0.6) is 0 Å². The lowest BCUT2D eigenvalue weighted by Gasteiger charge is -1.94. The van der Waals surface area contributed by atoms with Crippen molar-refractivity contribution in [3.63, 3.8) is 0 Å². The molecule has 0 rings (SSSR count). The number of hydrogen-bond donors (Lipinski definition) is 3. The maximum Gasteiger partial charge on any atom is 0.307 e. The lowest BCUT2D eigenvalue weighted by Crippen LogP contribution is -1.97. The Morgan fingerprint density at radius 1 is 1.00 bits per heavy atom. The number of aliphatic hydroxyl groups is 1. The molecule has 0 heterocycles. The van der Waals surface area contributed by atoms with Gasteiger partial charge in [-0.3, -0.25) is 9.59 Å². The van der Waals surface area contributed by atoms with Crippen LogP contribution in [0.2, 0.25) is 0 Å². The van der Waals surface area contributed by atoms with E-state index in [1.54, 1.807) is 0 Å². The minimum atomic E-state index is -1.06. The molecular formula is C7H10O5. The fourth-order valence-electron chi connectivity index (χ4n) is 0.542. The van der Waals surface area contributed by atoms with Gasteiger partial charge in [0.2, 0.25) is 0 Å². The summed E-state index contributed by atoms with van der Waals surface area (Å²) in [6.45, 7) is 0. The molecule has 68 valence electrons. The monoisotopic (exact) mass is 174 g/mol. The third-order valence-corrected chi connectivity index (χ3v) is 1.11. The Labute approximate surface area is 68.9 Å². The van der Waals surface area contributed by atoms with Crippen LogP contribution in [-0.4, -0.2) is 27.3 Å². The summed E-state index contributed by atoms with van der Waals surface area (Å²) < 4.78 is 0. The largest absolute Gasteiger partial charge is 0.513 e. The Kier molecular flexibility index (Phi) is 4.52. The second-order valence-corrected chi connectivity index (χ2v) is 2.19. The molecule has 0 aromatic rings. The van der Waals surface area contributed by atoms with Gasteiger partial charge in [-0.2, -0.15) is 0 Å². The molecule has 0 atom stereocenters. The van der Waals surface area contributed by atoms with Crippen molar-refractivity contribution in [1.29, 1.82) is 0 Å². The zero-order valence-corrected chi connectivity index (χ0v) is 6.36. The van der Waals surface area contributed by atoms with Gasteiger partial charge in [0.1, 0.15) is 0 Å². The molecule has 0 spiro atoms. The van der Waals surface area contributed by atoms with Crippen LogP contribution in [0.3, 0.4) is 0 Å². The van der Waals surface area contributed by atoms with Gasteiger partial charge in [0.25, 0.3) is 0 Å². The summed E-state index contributed by atoms with van der Waals surface area (Å²) in [6.07, 6.45) is 0.585. The first kappa shape index (κ1) is 10.5. The number of carboxylic acid groups (broad SMARTS) is 2. The van der Waals surface area contributed by atoms with Crippen LogP contribution in [0.4, 0.5) is 0 Å². The van der Waals surface area contributed by atoms with E-state index in [1.165, 1.54) is 0 Å². The van der Waals surface area contributed by atoms with Crippen molar-refractivity contribution in [2.24, 2.45) is 0 Å². The molecule has 5 heteroatoms. The molecule has 3 N–H and O–H groups in total. The van der Waals surface area contributed by atoms with E-state index in [9.17, 15) is 9.59 Å². The fraction of sp³-hybridized carbons (Fsp3) is 0.429. The summed E-state index contributed by atoms with van der Waals surface area (Å²) in [5.41, 5.74) is 0. The van der Waals surface area contributed by atoms with Crippen LogP contribution >= 0.6 is 0 Å². The van der Waals surface area contributed by atoms with Crippen molar-refractivity contribution in [2.45, 2.75) is 19.3 Å². The Morgan fingerprint density at radius 3 is 2.00 bits per heavy atom. The minimum Gasteiger partial charge on any atom is -0.513 e. The van der Waals surface area contributed by atoms with E-state index in [1.807, 2.05) is 0 Å². The second-order valence-electron chi connectivity index (χ2n) is 2.19. The van der Waals surface area contributed by atoms with Crippen LogP contribution < -0.4 is 0 Å². The maximum absolute atomic E-state index is 9.99. The smallest absolute Gasteiger partial charge is 0.307 e. The molecule has 12 heavy (non-hydrogen) atoms. The van der Waals surface area contributed by atoms with E-state index in [0.29, 0.717) is 0 Å². The summed E-state index contributed by atoms with van der Waals surface area (Å²) in [5.74, 6) is -2.28. The highest BCUT2D eigenvalue weighted by Gasteiger charge is 2.00. The predicted octanol–water partition coefficient (Wildman–Crippen LogP) is 0.768. The third kappa shape index (κ3) is 6.60. The molecule has 0 saturated carbocycles. The van der Waals surface area contributed by atoms with Gasteiger partial charge in [-0.15, -0.1) is 0 Å². The highest BCUT2D eigenvalue weighted by molar-refractivity contribution is 5.69. The minimum absolute atomic E-state index is 0.0252. The first-order valence-corrected chi connectivity index (χ1v) is 3.34. The Morgan fingerprint density at radius 2 is 1.58 bits per heavy atom. The molecule has 0 amide bonds. The Hall–Kier alpha value is -1.52. The molecule has 0 aromatic carbocycles. The van der Waals surface area contributed by atoms with E-state index in [-0.39, 0.29) is 25.0 Å². The topological polar surface area (TPSA) is 94.8 Å². The quantitative estimate of drug-likeness (QED) is 0.535.